The average molecular weight is 394 g/mol. The number of nitrogens with one attached hydrogen (secondary N) is 1. The van der Waals surface area contributed by atoms with Crippen LogP contribution in [0.3, 0.4) is 0 Å². The van der Waals surface area contributed by atoms with E-state index in [1.165, 1.54) is 6.42 Å². The van der Waals surface area contributed by atoms with Gasteiger partial charge in [-0.3, -0.25) is 10.1 Å². The van der Waals surface area contributed by atoms with Crippen molar-refractivity contribution in [1.29, 1.82) is 0 Å². The molecule has 130 valence electrons. The average Bonchev–Trinajstić information content (AvgIpc) is 2.72. The molecule has 0 spiro atoms. The SMILES string of the molecule is COc1cc(Br)cc2c1nc(NC(=O)CC(C)(C)C)n2C1CCC1. The third kappa shape index (κ3) is 3.43. The van der Waals surface area contributed by atoms with Crippen LogP contribution in [-0.2, 0) is 4.79 Å². The largest absolute Gasteiger partial charge is 0.494 e. The summed E-state index contributed by atoms with van der Waals surface area (Å²) in [5, 5.41) is 3.02. The van der Waals surface area contributed by atoms with Gasteiger partial charge < -0.3 is 9.30 Å². The molecule has 1 heterocycles. The second-order valence-corrected chi connectivity index (χ2v) is 8.57. The molecule has 0 atom stereocenters. The molecule has 1 aliphatic carbocycles. The minimum absolute atomic E-state index is 0.00332. The number of amides is 1. The number of anilines is 1. The first-order chi connectivity index (χ1) is 11.3. The minimum atomic E-state index is -0.0574. The molecule has 1 fully saturated rings. The van der Waals surface area contributed by atoms with Crippen LogP contribution in [0.15, 0.2) is 16.6 Å². The maximum Gasteiger partial charge on any atom is 0.227 e. The fourth-order valence-corrected chi connectivity index (χ4v) is 3.46. The van der Waals surface area contributed by atoms with Gasteiger partial charge in [0.1, 0.15) is 11.3 Å². The number of carbonyl (C=O) groups is 1. The predicted molar refractivity (Wildman–Crippen MR) is 99.6 cm³/mol. The summed E-state index contributed by atoms with van der Waals surface area (Å²) in [5.74, 6) is 1.33. The van der Waals surface area contributed by atoms with Gasteiger partial charge in [0.25, 0.3) is 0 Å². The van der Waals surface area contributed by atoms with Crippen LogP contribution in [0.5, 0.6) is 5.75 Å². The Balaban J connectivity index is 2.04. The lowest BCUT2D eigenvalue weighted by Crippen LogP contribution is -2.24. The zero-order chi connectivity index (χ0) is 17.5. The second-order valence-electron chi connectivity index (χ2n) is 7.65. The highest BCUT2D eigenvalue weighted by molar-refractivity contribution is 9.10. The first-order valence-electron chi connectivity index (χ1n) is 8.34. The van der Waals surface area contributed by atoms with Crippen molar-refractivity contribution in [3.8, 4) is 5.75 Å². The third-order valence-corrected chi connectivity index (χ3v) is 4.78. The molecule has 3 rings (SSSR count). The molecular weight excluding hydrogens is 370 g/mol. The van der Waals surface area contributed by atoms with E-state index < -0.39 is 0 Å². The van der Waals surface area contributed by atoms with Crippen LogP contribution in [0.2, 0.25) is 0 Å². The number of benzene rings is 1. The summed E-state index contributed by atoms with van der Waals surface area (Å²) < 4.78 is 8.58. The van der Waals surface area contributed by atoms with Gasteiger partial charge in [-0.25, -0.2) is 4.98 Å². The van der Waals surface area contributed by atoms with Crippen LogP contribution < -0.4 is 10.1 Å². The van der Waals surface area contributed by atoms with Crippen LogP contribution in [0.4, 0.5) is 5.95 Å². The molecule has 1 aliphatic rings. The van der Waals surface area contributed by atoms with Crippen molar-refractivity contribution in [3.05, 3.63) is 16.6 Å². The maximum absolute atomic E-state index is 12.4. The number of hydrogen-bond donors (Lipinski definition) is 1. The summed E-state index contributed by atoms with van der Waals surface area (Å²) in [6, 6.07) is 4.34. The number of rotatable bonds is 4. The monoisotopic (exact) mass is 393 g/mol. The Morgan fingerprint density at radius 3 is 2.67 bits per heavy atom. The molecule has 2 aromatic rings. The van der Waals surface area contributed by atoms with Crippen molar-refractivity contribution in [1.82, 2.24) is 9.55 Å². The van der Waals surface area contributed by atoms with E-state index in [0.717, 1.165) is 28.3 Å². The molecule has 0 unspecified atom stereocenters. The van der Waals surface area contributed by atoms with E-state index in [1.807, 2.05) is 12.1 Å². The van der Waals surface area contributed by atoms with Crippen molar-refractivity contribution in [3.63, 3.8) is 0 Å². The summed E-state index contributed by atoms with van der Waals surface area (Å²) in [7, 11) is 1.64. The summed E-state index contributed by atoms with van der Waals surface area (Å²) in [6.07, 6.45) is 3.90. The number of imidazole rings is 1. The molecule has 1 aromatic carbocycles. The van der Waals surface area contributed by atoms with Crippen molar-refractivity contribution >= 4 is 38.8 Å². The summed E-state index contributed by atoms with van der Waals surface area (Å²) >= 11 is 3.54. The van der Waals surface area contributed by atoms with Crippen molar-refractivity contribution in [2.45, 2.75) is 52.5 Å². The lowest BCUT2D eigenvalue weighted by molar-refractivity contribution is -0.117. The van der Waals surface area contributed by atoms with E-state index in [9.17, 15) is 4.79 Å². The van der Waals surface area contributed by atoms with Gasteiger partial charge in [-0.2, -0.15) is 0 Å². The lowest BCUT2D eigenvalue weighted by atomic mass is 9.92. The fraction of sp³-hybridized carbons (Fsp3) is 0.556. The van der Waals surface area contributed by atoms with Gasteiger partial charge >= 0.3 is 0 Å². The van der Waals surface area contributed by atoms with E-state index in [2.05, 4.69) is 51.6 Å². The molecule has 0 bridgehead atoms. The normalized spacial score (nSPS) is 15.4. The zero-order valence-electron chi connectivity index (χ0n) is 14.6. The molecule has 0 radical (unpaired) electrons. The molecule has 1 saturated carbocycles. The third-order valence-electron chi connectivity index (χ3n) is 4.33. The molecular formula is C18H24BrN3O2. The molecule has 0 aliphatic heterocycles. The van der Waals surface area contributed by atoms with Gasteiger partial charge in [-0.05, 0) is 36.8 Å². The molecule has 1 amide bonds. The van der Waals surface area contributed by atoms with Gasteiger partial charge in [0, 0.05) is 16.9 Å². The van der Waals surface area contributed by atoms with Crippen molar-refractivity contribution in [2.75, 3.05) is 12.4 Å². The first kappa shape index (κ1) is 17.3. The molecule has 5 nitrogen and oxygen atoms in total. The van der Waals surface area contributed by atoms with Crippen LogP contribution in [0, 0.1) is 5.41 Å². The van der Waals surface area contributed by atoms with E-state index in [-0.39, 0.29) is 11.3 Å². The number of fused-ring (bicyclic) bond motifs is 1. The van der Waals surface area contributed by atoms with Gasteiger partial charge in [0.15, 0.2) is 0 Å². The Labute approximate surface area is 150 Å². The highest BCUT2D eigenvalue weighted by Crippen LogP contribution is 2.40. The van der Waals surface area contributed by atoms with E-state index in [1.54, 1.807) is 7.11 Å². The number of nitrogens with zero attached hydrogens (tertiary/aromatic N) is 2. The van der Waals surface area contributed by atoms with Gasteiger partial charge in [-0.15, -0.1) is 0 Å². The first-order valence-corrected chi connectivity index (χ1v) is 9.13. The highest BCUT2D eigenvalue weighted by Gasteiger charge is 2.27. The number of ether oxygens (including phenoxy) is 1. The fourth-order valence-electron chi connectivity index (χ4n) is 3.04. The quantitative estimate of drug-likeness (QED) is 0.802. The molecule has 0 saturated heterocycles. The Bertz CT molecular complexity index is 773. The Hall–Kier alpha value is -1.56. The molecule has 1 N–H and O–H groups in total. The topological polar surface area (TPSA) is 56.1 Å². The van der Waals surface area contributed by atoms with Gasteiger partial charge in [-0.1, -0.05) is 36.7 Å². The Morgan fingerprint density at radius 1 is 1.42 bits per heavy atom. The highest BCUT2D eigenvalue weighted by atomic mass is 79.9. The smallest absolute Gasteiger partial charge is 0.227 e. The van der Waals surface area contributed by atoms with Crippen LogP contribution in [-0.4, -0.2) is 22.6 Å². The van der Waals surface area contributed by atoms with Crippen LogP contribution >= 0.6 is 15.9 Å². The minimum Gasteiger partial charge on any atom is -0.494 e. The Kier molecular flexibility index (Phi) is 4.60. The number of hydrogen-bond acceptors (Lipinski definition) is 3. The summed E-state index contributed by atoms with van der Waals surface area (Å²) in [4.78, 5) is 17.1. The van der Waals surface area contributed by atoms with Crippen molar-refractivity contribution in [2.24, 2.45) is 5.41 Å². The second kappa shape index (κ2) is 6.39. The number of carbonyl (C=O) groups excluding carboxylic acids is 1. The predicted octanol–water partition coefficient (Wildman–Crippen LogP) is 4.91. The standard InChI is InChI=1S/C18H24BrN3O2/c1-18(2,3)10-15(23)20-17-21-16-13(22(17)12-6-5-7-12)8-11(19)9-14(16)24-4/h8-9,12H,5-7,10H2,1-4H3,(H,20,21,23). The Morgan fingerprint density at radius 2 is 2.12 bits per heavy atom. The molecule has 1 aromatic heterocycles. The maximum atomic E-state index is 12.4. The van der Waals surface area contributed by atoms with E-state index in [0.29, 0.717) is 24.2 Å². The zero-order valence-corrected chi connectivity index (χ0v) is 16.2. The lowest BCUT2D eigenvalue weighted by Gasteiger charge is -2.29. The molecule has 6 heteroatoms. The van der Waals surface area contributed by atoms with Crippen molar-refractivity contribution < 1.29 is 9.53 Å². The number of halogens is 1. The number of methoxy groups -OCH3 is 1. The van der Waals surface area contributed by atoms with E-state index >= 15 is 0 Å². The van der Waals surface area contributed by atoms with Crippen LogP contribution in [0.1, 0.15) is 52.5 Å². The van der Waals surface area contributed by atoms with Gasteiger partial charge in [0.05, 0.1) is 12.6 Å². The molecule has 24 heavy (non-hydrogen) atoms. The summed E-state index contributed by atoms with van der Waals surface area (Å²) in [6.45, 7) is 6.17. The van der Waals surface area contributed by atoms with E-state index in [4.69, 9.17) is 4.74 Å². The number of aromatic nitrogens is 2. The summed E-state index contributed by atoms with van der Waals surface area (Å²) in [5.41, 5.74) is 1.73. The van der Waals surface area contributed by atoms with Crippen LogP contribution in [0.25, 0.3) is 11.0 Å². The van der Waals surface area contributed by atoms with Gasteiger partial charge in [0.2, 0.25) is 11.9 Å².